The molecule has 17 heavy (non-hydrogen) atoms. The number of hydrogen-bond donors (Lipinski definition) is 3. The minimum absolute atomic E-state index is 0.0487. The summed E-state index contributed by atoms with van der Waals surface area (Å²) >= 11 is 6.36. The van der Waals surface area contributed by atoms with Crippen LogP contribution >= 0.6 is 31.9 Å². The summed E-state index contributed by atoms with van der Waals surface area (Å²) in [7, 11) is -3.77. The molecule has 0 saturated heterocycles. The highest BCUT2D eigenvalue weighted by atomic mass is 79.9. The average Bonchev–Trinajstić information content (AvgIpc) is 2.25. The molecule has 96 valence electrons. The van der Waals surface area contributed by atoms with E-state index in [-0.39, 0.29) is 4.90 Å². The van der Waals surface area contributed by atoms with Gasteiger partial charge in [-0.15, -0.1) is 0 Å². The summed E-state index contributed by atoms with van der Waals surface area (Å²) in [6.07, 6.45) is 0. The zero-order valence-electron chi connectivity index (χ0n) is 8.60. The Morgan fingerprint density at radius 1 is 1.24 bits per heavy atom. The van der Waals surface area contributed by atoms with Crippen LogP contribution in [-0.4, -0.2) is 37.9 Å². The lowest BCUT2D eigenvalue weighted by atomic mass is 10.4. The molecule has 0 bridgehead atoms. The van der Waals surface area contributed by atoms with Crippen molar-refractivity contribution in [3.05, 3.63) is 27.1 Å². The van der Waals surface area contributed by atoms with E-state index in [0.717, 1.165) is 4.47 Å². The van der Waals surface area contributed by atoms with Crippen LogP contribution in [0.15, 0.2) is 32.0 Å². The third-order valence-electron chi connectivity index (χ3n) is 1.95. The molecule has 3 N–H and O–H groups in total. The van der Waals surface area contributed by atoms with Gasteiger partial charge in [0.2, 0.25) is 10.0 Å². The first-order chi connectivity index (χ1) is 7.90. The lowest BCUT2D eigenvalue weighted by molar-refractivity contribution is 0.185. The summed E-state index contributed by atoms with van der Waals surface area (Å²) in [4.78, 5) is 0.0487. The standard InChI is InChI=1S/C9H11Br2NO4S/c10-6-1-2-9(8(11)3-6)17(15,16)12-7(4-13)5-14/h1-3,7,12-14H,4-5H2. The highest BCUT2D eigenvalue weighted by Gasteiger charge is 2.21. The van der Waals surface area contributed by atoms with Gasteiger partial charge < -0.3 is 10.2 Å². The maximum Gasteiger partial charge on any atom is 0.242 e. The molecule has 0 spiro atoms. The Hall–Kier alpha value is 0.01000. The van der Waals surface area contributed by atoms with E-state index in [1.54, 1.807) is 12.1 Å². The summed E-state index contributed by atoms with van der Waals surface area (Å²) in [5, 5.41) is 17.7. The molecular formula is C9H11Br2NO4S. The second-order valence-corrected chi connectivity index (χ2v) is 6.71. The molecule has 0 unspecified atom stereocenters. The normalized spacial score (nSPS) is 12.1. The molecule has 1 rings (SSSR count). The van der Waals surface area contributed by atoms with Crippen LogP contribution in [0, 0.1) is 0 Å². The van der Waals surface area contributed by atoms with Gasteiger partial charge in [0.25, 0.3) is 0 Å². The quantitative estimate of drug-likeness (QED) is 0.697. The molecule has 1 aromatic rings. The second-order valence-electron chi connectivity index (χ2n) is 3.26. The molecular weight excluding hydrogens is 378 g/mol. The number of nitrogens with one attached hydrogen (secondary N) is 1. The molecule has 0 radical (unpaired) electrons. The van der Waals surface area contributed by atoms with Crippen molar-refractivity contribution in [3.8, 4) is 0 Å². The molecule has 0 fully saturated rings. The first-order valence-corrected chi connectivity index (χ1v) is 7.66. The molecule has 8 heteroatoms. The fraction of sp³-hybridized carbons (Fsp3) is 0.333. The lowest BCUT2D eigenvalue weighted by Gasteiger charge is -2.14. The molecule has 0 aliphatic carbocycles. The van der Waals surface area contributed by atoms with Crippen LogP contribution in [0.4, 0.5) is 0 Å². The van der Waals surface area contributed by atoms with Gasteiger partial charge in [-0.1, -0.05) is 15.9 Å². The van der Waals surface area contributed by atoms with Crippen molar-refractivity contribution in [2.24, 2.45) is 0 Å². The minimum atomic E-state index is -3.77. The maximum absolute atomic E-state index is 11.9. The number of benzene rings is 1. The molecule has 0 aromatic heterocycles. The molecule has 0 amide bonds. The van der Waals surface area contributed by atoms with Crippen molar-refractivity contribution in [3.63, 3.8) is 0 Å². The first-order valence-electron chi connectivity index (χ1n) is 4.60. The van der Waals surface area contributed by atoms with E-state index >= 15 is 0 Å². The molecule has 0 heterocycles. The number of aliphatic hydroxyl groups excluding tert-OH is 2. The van der Waals surface area contributed by atoms with Crippen LogP contribution in [0.25, 0.3) is 0 Å². The van der Waals surface area contributed by atoms with Gasteiger partial charge in [0, 0.05) is 8.95 Å². The monoisotopic (exact) mass is 387 g/mol. The van der Waals surface area contributed by atoms with E-state index in [9.17, 15) is 8.42 Å². The fourth-order valence-corrected chi connectivity index (χ4v) is 4.07. The molecule has 0 atom stereocenters. The Bertz CT molecular complexity index is 488. The molecule has 0 saturated carbocycles. The smallest absolute Gasteiger partial charge is 0.242 e. The van der Waals surface area contributed by atoms with E-state index < -0.39 is 29.3 Å². The van der Waals surface area contributed by atoms with Gasteiger partial charge in [0.1, 0.15) is 0 Å². The number of halogens is 2. The summed E-state index contributed by atoms with van der Waals surface area (Å²) in [6, 6.07) is 3.70. The van der Waals surface area contributed by atoms with Crippen LogP contribution < -0.4 is 4.72 Å². The molecule has 0 aliphatic rings. The number of sulfonamides is 1. The Balaban J connectivity index is 3.05. The SMILES string of the molecule is O=S(=O)(NC(CO)CO)c1ccc(Br)cc1Br. The fourth-order valence-electron chi connectivity index (χ4n) is 1.11. The zero-order valence-corrected chi connectivity index (χ0v) is 12.6. The Kier molecular flexibility index (Phi) is 5.55. The molecule has 5 nitrogen and oxygen atoms in total. The first kappa shape index (κ1) is 15.1. The van der Waals surface area contributed by atoms with Gasteiger partial charge in [-0.3, -0.25) is 0 Å². The maximum atomic E-state index is 11.9. The van der Waals surface area contributed by atoms with E-state index in [1.165, 1.54) is 6.07 Å². The van der Waals surface area contributed by atoms with Crippen LogP contribution in [0.3, 0.4) is 0 Å². The average molecular weight is 389 g/mol. The van der Waals surface area contributed by atoms with Crippen LogP contribution in [0.5, 0.6) is 0 Å². The van der Waals surface area contributed by atoms with Crippen LogP contribution in [0.1, 0.15) is 0 Å². The van der Waals surface area contributed by atoms with Crippen LogP contribution in [-0.2, 0) is 10.0 Å². The van der Waals surface area contributed by atoms with E-state index in [4.69, 9.17) is 10.2 Å². The number of rotatable bonds is 5. The topological polar surface area (TPSA) is 86.6 Å². The van der Waals surface area contributed by atoms with Crippen molar-refractivity contribution in [1.82, 2.24) is 4.72 Å². The van der Waals surface area contributed by atoms with Gasteiger partial charge >= 0.3 is 0 Å². The molecule has 0 aliphatic heterocycles. The summed E-state index contributed by atoms with van der Waals surface area (Å²) in [5.74, 6) is 0. The highest BCUT2D eigenvalue weighted by Crippen LogP contribution is 2.25. The van der Waals surface area contributed by atoms with Crippen molar-refractivity contribution < 1.29 is 18.6 Å². The van der Waals surface area contributed by atoms with E-state index in [1.807, 2.05) is 0 Å². The van der Waals surface area contributed by atoms with Gasteiger partial charge in [-0.25, -0.2) is 13.1 Å². The zero-order chi connectivity index (χ0) is 13.1. The lowest BCUT2D eigenvalue weighted by Crippen LogP contribution is -2.40. The molecule has 1 aromatic carbocycles. The number of hydrogen-bond acceptors (Lipinski definition) is 4. The predicted molar refractivity (Wildman–Crippen MR) is 70.1 cm³/mol. The number of aliphatic hydroxyl groups is 2. The van der Waals surface area contributed by atoms with Gasteiger partial charge in [-0.2, -0.15) is 0 Å². The highest BCUT2D eigenvalue weighted by molar-refractivity contribution is 9.11. The summed E-state index contributed by atoms with van der Waals surface area (Å²) in [6.45, 7) is -0.937. The van der Waals surface area contributed by atoms with E-state index in [0.29, 0.717) is 4.47 Å². The largest absolute Gasteiger partial charge is 0.395 e. The predicted octanol–water partition coefficient (Wildman–Crippen LogP) is 0.843. The van der Waals surface area contributed by atoms with Crippen molar-refractivity contribution in [1.29, 1.82) is 0 Å². The third-order valence-corrected chi connectivity index (χ3v) is 4.94. The Labute approximate surface area is 116 Å². The second kappa shape index (κ2) is 6.26. The Morgan fingerprint density at radius 2 is 1.82 bits per heavy atom. The van der Waals surface area contributed by atoms with Crippen LogP contribution in [0.2, 0.25) is 0 Å². The summed E-state index contributed by atoms with van der Waals surface area (Å²) in [5.41, 5.74) is 0. The van der Waals surface area contributed by atoms with Gasteiger partial charge in [-0.05, 0) is 34.1 Å². The van der Waals surface area contributed by atoms with E-state index in [2.05, 4.69) is 36.6 Å². The minimum Gasteiger partial charge on any atom is -0.395 e. The van der Waals surface area contributed by atoms with Crippen molar-refractivity contribution in [2.45, 2.75) is 10.9 Å². The van der Waals surface area contributed by atoms with Crippen molar-refractivity contribution >= 4 is 41.9 Å². The summed E-state index contributed by atoms with van der Waals surface area (Å²) < 4.78 is 27.2. The Morgan fingerprint density at radius 3 is 2.29 bits per heavy atom. The van der Waals surface area contributed by atoms with Crippen molar-refractivity contribution in [2.75, 3.05) is 13.2 Å². The third kappa shape index (κ3) is 4.01. The van der Waals surface area contributed by atoms with Gasteiger partial charge in [0.15, 0.2) is 0 Å². The van der Waals surface area contributed by atoms with Gasteiger partial charge in [0.05, 0.1) is 24.2 Å².